The molecule has 3 rings (SSSR count). The molecule has 3 fully saturated rings. The van der Waals surface area contributed by atoms with Gasteiger partial charge in [0.1, 0.15) is 12.2 Å². The lowest BCUT2D eigenvalue weighted by molar-refractivity contribution is -0.405. The van der Waals surface area contributed by atoms with E-state index in [-0.39, 0.29) is 32.1 Å². The van der Waals surface area contributed by atoms with Crippen LogP contribution in [0.3, 0.4) is 0 Å². The number of alkyl halides is 24. The Morgan fingerprint density at radius 3 is 1.11 bits per heavy atom. The number of halogens is 24. The van der Waals surface area contributed by atoms with Gasteiger partial charge in [-0.2, -0.15) is 105 Å². The zero-order valence-corrected chi connectivity index (χ0v) is 42.4. The highest BCUT2D eigenvalue weighted by molar-refractivity contribution is 6.76. The molecule has 3 saturated carbocycles. The van der Waals surface area contributed by atoms with Gasteiger partial charge in [0.2, 0.25) is 0 Å². The van der Waals surface area contributed by atoms with E-state index in [9.17, 15) is 130 Å². The van der Waals surface area contributed by atoms with Crippen LogP contribution in [0.4, 0.5) is 105 Å². The van der Waals surface area contributed by atoms with Crippen molar-refractivity contribution in [2.45, 2.75) is 210 Å². The fraction of sp³-hybridized carbons (Fsp3) is 0.953. The summed E-state index contributed by atoms with van der Waals surface area (Å²) in [6, 6.07) is 1.49. The second-order valence-corrected chi connectivity index (χ2v) is 26.8. The SMILES string of the molecule is CCC(C)(C(=O)OC1CC(C(O)(C(F)(F)F)C(F)(F)F)CC(C(O)(C(F)(F)F)C(F)(F)F)C1)C(F)(F)F.CCC(C)(C(=O)OC1CC2CC(CC(O)(C(F)(F)F)C(F)(F)F)C1C2)C(F)(F)F.CCC(C)C[Si](C)(C)C. The lowest BCUT2D eigenvalue weighted by Crippen LogP contribution is -2.67. The predicted molar refractivity (Wildman–Crippen MR) is 217 cm³/mol. The van der Waals surface area contributed by atoms with Crippen molar-refractivity contribution in [1.29, 1.82) is 0 Å². The van der Waals surface area contributed by atoms with Crippen LogP contribution in [0.15, 0.2) is 0 Å². The minimum atomic E-state index is -6.77. The number of hydrogen-bond acceptors (Lipinski definition) is 7. The molecule has 0 spiro atoms. The Balaban J connectivity index is 0.000000655. The third kappa shape index (κ3) is 15.0. The molecular formula is C43H60F24O7Si. The van der Waals surface area contributed by atoms with Crippen molar-refractivity contribution in [1.82, 2.24) is 0 Å². The van der Waals surface area contributed by atoms with E-state index in [1.807, 2.05) is 0 Å². The highest BCUT2D eigenvalue weighted by atomic mass is 28.3. The molecule has 7 nitrogen and oxygen atoms in total. The number of carbonyl (C=O) groups is 2. The van der Waals surface area contributed by atoms with Crippen molar-refractivity contribution >= 4 is 20.0 Å². The first kappa shape index (κ1) is 70.4. The van der Waals surface area contributed by atoms with Crippen LogP contribution in [0.25, 0.3) is 0 Å². The van der Waals surface area contributed by atoms with Crippen LogP contribution in [0.1, 0.15) is 106 Å². The van der Waals surface area contributed by atoms with Crippen molar-refractivity contribution in [2.75, 3.05) is 0 Å². The van der Waals surface area contributed by atoms with Crippen LogP contribution in [-0.4, -0.2) is 114 Å². The molecule has 0 saturated heterocycles. The van der Waals surface area contributed by atoms with Gasteiger partial charge in [0, 0.05) is 19.9 Å². The van der Waals surface area contributed by atoms with Crippen molar-refractivity contribution in [3.05, 3.63) is 0 Å². The maximum Gasteiger partial charge on any atom is 0.426 e. The quantitative estimate of drug-likeness (QED) is 0.0956. The molecule has 32 heteroatoms. The molecular weight excluding hydrogens is 1110 g/mol. The summed E-state index contributed by atoms with van der Waals surface area (Å²) in [6.45, 7) is 14.6. The first-order chi connectivity index (χ1) is 32.8. The van der Waals surface area contributed by atoms with Gasteiger partial charge >= 0.3 is 61.3 Å². The Morgan fingerprint density at radius 1 is 0.507 bits per heavy atom. The van der Waals surface area contributed by atoms with Crippen molar-refractivity contribution in [3.63, 3.8) is 0 Å². The van der Waals surface area contributed by atoms with Crippen LogP contribution >= 0.6 is 0 Å². The van der Waals surface area contributed by atoms with Crippen LogP contribution in [-0.2, 0) is 19.1 Å². The van der Waals surface area contributed by atoms with E-state index in [1.54, 1.807) is 0 Å². The predicted octanol–water partition coefficient (Wildman–Crippen LogP) is 14.5. The summed E-state index contributed by atoms with van der Waals surface area (Å²) in [6.07, 6.45) is -61.8. The fourth-order valence-electron chi connectivity index (χ4n) is 9.52. The smallest absolute Gasteiger partial charge is 0.426 e. The first-order valence-electron chi connectivity index (χ1n) is 23.0. The van der Waals surface area contributed by atoms with Crippen molar-refractivity contribution in [3.8, 4) is 0 Å². The van der Waals surface area contributed by atoms with E-state index in [2.05, 4.69) is 38.2 Å². The maximum absolute atomic E-state index is 13.3. The second-order valence-electron chi connectivity index (χ2n) is 21.3. The lowest BCUT2D eigenvalue weighted by Gasteiger charge is -2.48. The Morgan fingerprint density at radius 2 is 0.853 bits per heavy atom. The maximum atomic E-state index is 13.3. The van der Waals surface area contributed by atoms with E-state index in [1.165, 1.54) is 12.5 Å². The third-order valence-electron chi connectivity index (χ3n) is 14.7. The van der Waals surface area contributed by atoms with E-state index in [4.69, 9.17) is 4.74 Å². The molecule has 3 aliphatic carbocycles. The Bertz CT molecular complexity index is 1790. The molecule has 0 amide bonds. The molecule has 446 valence electrons. The van der Waals surface area contributed by atoms with E-state index >= 15 is 0 Å². The molecule has 0 aliphatic heterocycles. The van der Waals surface area contributed by atoms with Gasteiger partial charge in [-0.25, -0.2) is 0 Å². The molecule has 0 aromatic carbocycles. The molecule has 2 bridgehead atoms. The van der Waals surface area contributed by atoms with Crippen LogP contribution in [0, 0.1) is 46.3 Å². The van der Waals surface area contributed by atoms with Gasteiger partial charge in [-0.1, -0.05) is 59.8 Å². The van der Waals surface area contributed by atoms with Crippen molar-refractivity contribution < 1.29 is 140 Å². The van der Waals surface area contributed by atoms with Gasteiger partial charge < -0.3 is 24.8 Å². The fourth-order valence-corrected chi connectivity index (χ4v) is 11.9. The summed E-state index contributed by atoms with van der Waals surface area (Å²) in [5, 5.41) is 28.6. The van der Waals surface area contributed by atoms with Gasteiger partial charge in [-0.05, 0) is 95.3 Å². The minimum absolute atomic E-state index is 0.0580. The molecule has 9 unspecified atom stereocenters. The molecule has 0 aromatic heterocycles. The summed E-state index contributed by atoms with van der Waals surface area (Å²) < 4.78 is 326. The Hall–Kier alpha value is -2.64. The summed E-state index contributed by atoms with van der Waals surface area (Å²) >= 11 is 0. The number of hydrogen-bond donors (Lipinski definition) is 3. The molecule has 0 heterocycles. The zero-order chi connectivity index (χ0) is 60.0. The van der Waals surface area contributed by atoms with Crippen LogP contribution in [0.2, 0.25) is 25.7 Å². The van der Waals surface area contributed by atoms with Crippen LogP contribution in [0.5, 0.6) is 0 Å². The summed E-state index contributed by atoms with van der Waals surface area (Å²) in [7, 11) is -0.741. The summed E-state index contributed by atoms with van der Waals surface area (Å²) in [5.41, 5.74) is -23.3. The zero-order valence-electron chi connectivity index (χ0n) is 41.4. The van der Waals surface area contributed by atoms with E-state index in [0.29, 0.717) is 6.92 Å². The Kier molecular flexibility index (Phi) is 21.4. The highest BCUT2D eigenvalue weighted by Gasteiger charge is 2.79. The van der Waals surface area contributed by atoms with Crippen LogP contribution < -0.4 is 0 Å². The van der Waals surface area contributed by atoms with Gasteiger partial charge in [0.25, 0.3) is 16.8 Å². The number of aliphatic hydroxyl groups is 3. The van der Waals surface area contributed by atoms with E-state index in [0.717, 1.165) is 19.8 Å². The number of esters is 2. The Labute approximate surface area is 415 Å². The second kappa shape index (κ2) is 22.8. The average Bonchev–Trinajstić information content (AvgIpc) is 3.78. The lowest BCUT2D eigenvalue weighted by atomic mass is 9.65. The molecule has 3 aliphatic rings. The van der Waals surface area contributed by atoms with Gasteiger partial charge in [-0.15, -0.1) is 0 Å². The third-order valence-corrected chi connectivity index (χ3v) is 16.6. The van der Waals surface area contributed by atoms with E-state index < -0.39 is 171 Å². The highest BCUT2D eigenvalue weighted by Crippen LogP contribution is 2.60. The van der Waals surface area contributed by atoms with Gasteiger partial charge in [-0.3, -0.25) is 9.59 Å². The normalized spacial score (nSPS) is 25.9. The topological polar surface area (TPSA) is 113 Å². The first-order valence-corrected chi connectivity index (χ1v) is 26.7. The molecule has 0 aromatic rings. The summed E-state index contributed by atoms with van der Waals surface area (Å²) in [5.74, 6) is -13.1. The van der Waals surface area contributed by atoms with Gasteiger partial charge in [0.15, 0.2) is 10.8 Å². The monoisotopic (exact) mass is 1170 g/mol. The standard InChI is InChI=1S/C18H19F15O4.C17H21F9O3.C8H20Si/c1-3-11(2,14(19,20)21)10(34)37-9-5-7(12(35,15(22,23)24)16(25,26)27)4-8(6-9)13(36,17(28,29)30)18(31,32)33;1-3-13(2,15(18,19)20)12(27)29-11-6-8-4-9(10(11)5-8)7-14(28,16(21,22)23)17(24,25)26;1-6-8(2)7-9(3,4)5/h7-9,35-36H,3-6H2,1-2H3;8-11,28H,3-7H2,1-2H3;8H,6-7H2,1-5H3. The number of fused-ring (bicyclic) bond motifs is 2. The molecule has 9 atom stereocenters. The number of rotatable bonds is 13. The minimum Gasteiger partial charge on any atom is -0.462 e. The largest absolute Gasteiger partial charge is 0.462 e. The summed E-state index contributed by atoms with van der Waals surface area (Å²) in [4.78, 5) is 24.3. The molecule has 0 radical (unpaired) electrons. The van der Waals surface area contributed by atoms with Gasteiger partial charge in [0.05, 0.1) is 0 Å². The van der Waals surface area contributed by atoms with Crippen molar-refractivity contribution in [2.24, 2.45) is 46.3 Å². The number of ether oxygens (including phenoxy) is 2. The average molecular weight is 1170 g/mol. The molecule has 75 heavy (non-hydrogen) atoms. The number of carbonyl (C=O) groups excluding carboxylic acids is 2. The molecule has 3 N–H and O–H groups in total.